The van der Waals surface area contributed by atoms with Gasteiger partial charge in [-0.15, -0.1) is 0 Å². The zero-order valence-corrected chi connectivity index (χ0v) is 11.5. The summed E-state index contributed by atoms with van der Waals surface area (Å²) < 4.78 is 0. The Kier molecular flexibility index (Phi) is 3.56. The van der Waals surface area contributed by atoms with E-state index in [1.54, 1.807) is 6.07 Å². The fourth-order valence-electron chi connectivity index (χ4n) is 2.25. The molecule has 2 heterocycles. The first-order valence-corrected chi connectivity index (χ1v) is 7.29. The maximum absolute atomic E-state index is 12.3. The minimum Gasteiger partial charge on any atom is -0.311 e. The molecule has 6 heteroatoms. The molecule has 1 aromatic heterocycles. The van der Waals surface area contributed by atoms with E-state index >= 15 is 0 Å². The molecule has 2 aromatic rings. The van der Waals surface area contributed by atoms with Crippen LogP contribution in [0, 0.1) is 0 Å². The molecule has 1 aromatic carbocycles. The van der Waals surface area contributed by atoms with Gasteiger partial charge >= 0.3 is 5.69 Å². The van der Waals surface area contributed by atoms with E-state index < -0.39 is 5.69 Å². The zero-order chi connectivity index (χ0) is 13.9. The normalized spacial score (nSPS) is 13.3. The third-order valence-corrected chi connectivity index (χ3v) is 4.13. The first-order valence-electron chi connectivity index (χ1n) is 6.30. The molecule has 1 aliphatic rings. The number of thioether (sulfide) groups is 1. The van der Waals surface area contributed by atoms with Gasteiger partial charge < -0.3 is 9.88 Å². The summed E-state index contributed by atoms with van der Waals surface area (Å²) in [6.45, 7) is 0.728. The SMILES string of the molecule is O=C(CSc1ccnc(=O)[nH]1)N1CCc2ccccc21. The summed E-state index contributed by atoms with van der Waals surface area (Å²) in [7, 11) is 0. The Hall–Kier alpha value is -2.08. The van der Waals surface area contributed by atoms with Crippen LogP contribution in [-0.4, -0.2) is 28.2 Å². The lowest BCUT2D eigenvalue weighted by Crippen LogP contribution is -2.30. The summed E-state index contributed by atoms with van der Waals surface area (Å²) in [6.07, 6.45) is 2.34. The molecule has 0 bridgehead atoms. The Labute approximate surface area is 120 Å². The quantitative estimate of drug-likeness (QED) is 0.685. The van der Waals surface area contributed by atoms with Gasteiger partial charge in [0.15, 0.2) is 0 Å². The van der Waals surface area contributed by atoms with Crippen molar-refractivity contribution in [1.29, 1.82) is 0 Å². The highest BCUT2D eigenvalue weighted by molar-refractivity contribution is 7.99. The van der Waals surface area contributed by atoms with E-state index in [1.165, 1.54) is 23.5 Å². The summed E-state index contributed by atoms with van der Waals surface area (Å²) in [4.78, 5) is 31.3. The average molecular weight is 287 g/mol. The highest BCUT2D eigenvalue weighted by Crippen LogP contribution is 2.28. The highest BCUT2D eigenvalue weighted by atomic mass is 32.2. The molecule has 0 saturated heterocycles. The van der Waals surface area contributed by atoms with Crippen molar-refractivity contribution in [2.75, 3.05) is 17.2 Å². The Morgan fingerprint density at radius 2 is 2.20 bits per heavy atom. The number of para-hydroxylation sites is 1. The number of amides is 1. The molecule has 0 saturated carbocycles. The second-order valence-electron chi connectivity index (χ2n) is 4.45. The maximum Gasteiger partial charge on any atom is 0.345 e. The van der Waals surface area contributed by atoms with Crippen LogP contribution in [0.2, 0.25) is 0 Å². The van der Waals surface area contributed by atoms with Gasteiger partial charge in [-0.2, -0.15) is 0 Å². The van der Waals surface area contributed by atoms with Crippen LogP contribution in [0.15, 0.2) is 46.3 Å². The molecule has 0 atom stereocenters. The number of hydrogen-bond donors (Lipinski definition) is 1. The summed E-state index contributed by atoms with van der Waals surface area (Å²) in [5.41, 5.74) is 1.82. The van der Waals surface area contributed by atoms with Crippen molar-refractivity contribution in [3.05, 3.63) is 52.6 Å². The first-order chi connectivity index (χ1) is 9.74. The highest BCUT2D eigenvalue weighted by Gasteiger charge is 2.23. The summed E-state index contributed by atoms with van der Waals surface area (Å²) in [5, 5.41) is 0.658. The van der Waals surface area contributed by atoms with Gasteiger partial charge in [0.1, 0.15) is 0 Å². The van der Waals surface area contributed by atoms with Gasteiger partial charge in [0.2, 0.25) is 5.91 Å². The molecule has 0 unspecified atom stereocenters. The standard InChI is InChI=1S/C14H13N3O2S/c18-13(9-20-12-5-7-15-14(19)16-12)17-8-6-10-3-1-2-4-11(10)17/h1-5,7H,6,8-9H2,(H,15,16,19). The van der Waals surface area contributed by atoms with E-state index in [2.05, 4.69) is 16.0 Å². The Bertz CT molecular complexity index is 699. The largest absolute Gasteiger partial charge is 0.345 e. The minimum absolute atomic E-state index is 0.0533. The third kappa shape index (κ3) is 2.60. The molecule has 1 N–H and O–H groups in total. The fraction of sp³-hybridized carbons (Fsp3) is 0.214. The number of fused-ring (bicyclic) bond motifs is 1. The molecule has 0 fully saturated rings. The molecular formula is C14H13N3O2S. The Balaban J connectivity index is 1.68. The lowest BCUT2D eigenvalue weighted by atomic mass is 10.2. The van der Waals surface area contributed by atoms with Crippen LogP contribution in [0.3, 0.4) is 0 Å². The van der Waals surface area contributed by atoms with Gasteiger partial charge in [0.25, 0.3) is 0 Å². The molecular weight excluding hydrogens is 274 g/mol. The van der Waals surface area contributed by atoms with Crippen LogP contribution < -0.4 is 10.6 Å². The van der Waals surface area contributed by atoms with E-state index in [9.17, 15) is 9.59 Å². The second kappa shape index (κ2) is 5.50. The number of hydrogen-bond acceptors (Lipinski definition) is 4. The van der Waals surface area contributed by atoms with E-state index in [0.29, 0.717) is 10.8 Å². The van der Waals surface area contributed by atoms with E-state index in [0.717, 1.165) is 18.7 Å². The van der Waals surface area contributed by atoms with Crippen LogP contribution in [0.4, 0.5) is 5.69 Å². The topological polar surface area (TPSA) is 66.1 Å². The molecule has 5 nitrogen and oxygen atoms in total. The monoisotopic (exact) mass is 287 g/mol. The van der Waals surface area contributed by atoms with E-state index in [-0.39, 0.29) is 5.91 Å². The summed E-state index contributed by atoms with van der Waals surface area (Å²) >= 11 is 1.32. The Morgan fingerprint density at radius 3 is 3.05 bits per heavy atom. The fourth-order valence-corrected chi connectivity index (χ4v) is 3.00. The van der Waals surface area contributed by atoms with E-state index in [4.69, 9.17) is 0 Å². The van der Waals surface area contributed by atoms with Gasteiger partial charge in [-0.05, 0) is 24.1 Å². The molecule has 1 amide bonds. The van der Waals surface area contributed by atoms with Gasteiger partial charge in [-0.3, -0.25) is 4.79 Å². The lowest BCUT2D eigenvalue weighted by molar-refractivity contribution is -0.116. The number of anilines is 1. The van der Waals surface area contributed by atoms with Gasteiger partial charge in [-0.1, -0.05) is 30.0 Å². The predicted octanol–water partition coefficient (Wildman–Crippen LogP) is 1.45. The lowest BCUT2D eigenvalue weighted by Gasteiger charge is -2.16. The van der Waals surface area contributed by atoms with Gasteiger partial charge in [0.05, 0.1) is 10.8 Å². The van der Waals surface area contributed by atoms with Crippen LogP contribution in [-0.2, 0) is 11.2 Å². The number of carbonyl (C=O) groups is 1. The number of carbonyl (C=O) groups excluding carboxylic acids is 1. The third-order valence-electron chi connectivity index (χ3n) is 3.19. The predicted molar refractivity (Wildman–Crippen MR) is 78.1 cm³/mol. The van der Waals surface area contributed by atoms with Crippen LogP contribution in [0.25, 0.3) is 0 Å². The first kappa shape index (κ1) is 12.9. The number of H-pyrrole nitrogens is 1. The van der Waals surface area contributed by atoms with Crippen molar-refractivity contribution in [3.63, 3.8) is 0 Å². The van der Waals surface area contributed by atoms with Crippen molar-refractivity contribution in [2.24, 2.45) is 0 Å². The van der Waals surface area contributed by atoms with Crippen LogP contribution >= 0.6 is 11.8 Å². The molecule has 0 aliphatic carbocycles. The van der Waals surface area contributed by atoms with Crippen LogP contribution in [0.5, 0.6) is 0 Å². The van der Waals surface area contributed by atoms with Crippen molar-refractivity contribution in [3.8, 4) is 0 Å². The molecule has 20 heavy (non-hydrogen) atoms. The Morgan fingerprint density at radius 1 is 1.35 bits per heavy atom. The second-order valence-corrected chi connectivity index (χ2v) is 5.47. The van der Waals surface area contributed by atoms with Crippen molar-refractivity contribution >= 4 is 23.4 Å². The number of nitrogens with one attached hydrogen (secondary N) is 1. The molecule has 3 rings (SSSR count). The van der Waals surface area contributed by atoms with Crippen molar-refractivity contribution < 1.29 is 4.79 Å². The van der Waals surface area contributed by atoms with Crippen LogP contribution in [0.1, 0.15) is 5.56 Å². The van der Waals surface area contributed by atoms with Gasteiger partial charge in [-0.25, -0.2) is 9.78 Å². The minimum atomic E-state index is -0.394. The van der Waals surface area contributed by atoms with Crippen molar-refractivity contribution in [1.82, 2.24) is 9.97 Å². The number of aromatic nitrogens is 2. The number of aromatic amines is 1. The molecule has 1 aliphatic heterocycles. The summed E-state index contributed by atoms with van der Waals surface area (Å²) in [6, 6.07) is 9.65. The average Bonchev–Trinajstić information content (AvgIpc) is 2.89. The summed E-state index contributed by atoms with van der Waals surface area (Å²) in [5.74, 6) is 0.353. The molecule has 0 radical (unpaired) electrons. The molecule has 0 spiro atoms. The smallest absolute Gasteiger partial charge is 0.311 e. The molecule has 102 valence electrons. The van der Waals surface area contributed by atoms with E-state index in [1.807, 2.05) is 23.1 Å². The number of benzene rings is 1. The van der Waals surface area contributed by atoms with Gasteiger partial charge in [0, 0.05) is 18.4 Å². The number of rotatable bonds is 3. The maximum atomic E-state index is 12.3. The number of nitrogens with zero attached hydrogens (tertiary/aromatic N) is 2. The van der Waals surface area contributed by atoms with Crippen molar-refractivity contribution in [2.45, 2.75) is 11.4 Å². The zero-order valence-electron chi connectivity index (χ0n) is 10.7.